The molecule has 0 bridgehead atoms. The predicted molar refractivity (Wildman–Crippen MR) is 111 cm³/mol. The molecular weight excluding hydrogens is 382 g/mol. The normalized spacial score (nSPS) is 23.4. The molecule has 1 aliphatic heterocycles. The lowest BCUT2D eigenvalue weighted by atomic mass is 9.73. The van der Waals surface area contributed by atoms with Gasteiger partial charge in [-0.05, 0) is 48.9 Å². The second-order valence-electron chi connectivity index (χ2n) is 7.82. The van der Waals surface area contributed by atoms with Gasteiger partial charge < -0.3 is 9.47 Å². The van der Waals surface area contributed by atoms with E-state index in [1.165, 1.54) is 17.6 Å². The van der Waals surface area contributed by atoms with Crippen molar-refractivity contribution in [3.8, 4) is 0 Å². The van der Waals surface area contributed by atoms with Gasteiger partial charge in [0.2, 0.25) is 11.8 Å². The van der Waals surface area contributed by atoms with Crippen molar-refractivity contribution in [1.29, 1.82) is 0 Å². The third-order valence-corrected chi connectivity index (χ3v) is 6.06. The number of methoxy groups -OCH3 is 1. The monoisotopic (exact) mass is 407 g/mol. The smallest absolute Gasteiger partial charge is 0.338 e. The zero-order valence-corrected chi connectivity index (χ0v) is 17.0. The van der Waals surface area contributed by atoms with Gasteiger partial charge in [0.25, 0.3) is 0 Å². The van der Waals surface area contributed by atoms with Crippen molar-refractivity contribution in [1.82, 2.24) is 0 Å². The number of carbonyl (C=O) groups excluding carboxylic acids is 3. The van der Waals surface area contributed by atoms with Crippen LogP contribution in [-0.4, -0.2) is 38.1 Å². The van der Waals surface area contributed by atoms with Crippen LogP contribution in [0.1, 0.15) is 41.1 Å². The molecule has 4 rings (SSSR count). The van der Waals surface area contributed by atoms with Crippen LogP contribution in [0.3, 0.4) is 0 Å². The Labute approximate surface area is 175 Å². The molecule has 6 heteroatoms. The first-order valence-electron chi connectivity index (χ1n) is 10.3. The molecule has 2 aromatic rings. The van der Waals surface area contributed by atoms with E-state index >= 15 is 0 Å². The van der Waals surface area contributed by atoms with Gasteiger partial charge in [0.05, 0.1) is 29.7 Å². The van der Waals surface area contributed by atoms with Crippen molar-refractivity contribution in [3.63, 3.8) is 0 Å². The van der Waals surface area contributed by atoms with Crippen molar-refractivity contribution in [2.24, 2.45) is 11.8 Å². The number of ether oxygens (including phenoxy) is 2. The lowest BCUT2D eigenvalue weighted by Gasteiger charge is -2.28. The van der Waals surface area contributed by atoms with E-state index in [0.29, 0.717) is 30.7 Å². The van der Waals surface area contributed by atoms with E-state index in [0.717, 1.165) is 6.42 Å². The van der Waals surface area contributed by atoms with Gasteiger partial charge in [-0.15, -0.1) is 0 Å². The molecule has 2 aliphatic rings. The van der Waals surface area contributed by atoms with Crippen molar-refractivity contribution >= 4 is 23.5 Å². The van der Waals surface area contributed by atoms with E-state index in [1.807, 2.05) is 18.2 Å². The highest BCUT2D eigenvalue weighted by Crippen LogP contribution is 2.45. The summed E-state index contributed by atoms with van der Waals surface area (Å²) in [7, 11) is 1.53. The van der Waals surface area contributed by atoms with Crippen LogP contribution in [0.25, 0.3) is 0 Å². The van der Waals surface area contributed by atoms with Crippen LogP contribution < -0.4 is 4.90 Å². The first kappa shape index (κ1) is 20.3. The topological polar surface area (TPSA) is 72.9 Å². The minimum absolute atomic E-state index is 0.145. The fraction of sp³-hybridized carbons (Fsp3) is 0.375. The summed E-state index contributed by atoms with van der Waals surface area (Å²) in [5, 5.41) is 0. The Balaban J connectivity index is 1.52. The maximum atomic E-state index is 13.2. The lowest BCUT2D eigenvalue weighted by Crippen LogP contribution is -2.31. The summed E-state index contributed by atoms with van der Waals surface area (Å²) in [6, 6.07) is 16.7. The van der Waals surface area contributed by atoms with E-state index in [9.17, 15) is 14.4 Å². The first-order valence-corrected chi connectivity index (χ1v) is 10.3. The van der Waals surface area contributed by atoms with E-state index in [-0.39, 0.29) is 36.2 Å². The third-order valence-electron chi connectivity index (χ3n) is 6.06. The summed E-state index contributed by atoms with van der Waals surface area (Å²) in [6.45, 7) is 0.451. The summed E-state index contributed by atoms with van der Waals surface area (Å²) in [4.78, 5) is 39.7. The van der Waals surface area contributed by atoms with Crippen LogP contribution in [0.4, 0.5) is 5.69 Å². The highest BCUT2D eigenvalue weighted by molar-refractivity contribution is 6.22. The maximum absolute atomic E-state index is 13.2. The molecule has 156 valence electrons. The summed E-state index contributed by atoms with van der Waals surface area (Å²) in [5.74, 6) is -1.15. The number of benzene rings is 2. The lowest BCUT2D eigenvalue weighted by molar-refractivity contribution is -0.122. The van der Waals surface area contributed by atoms with Gasteiger partial charge in [0, 0.05) is 7.11 Å². The van der Waals surface area contributed by atoms with Crippen LogP contribution in [0, 0.1) is 11.8 Å². The average Bonchev–Trinajstić information content (AvgIpc) is 3.04. The van der Waals surface area contributed by atoms with E-state index < -0.39 is 5.97 Å². The number of rotatable bonds is 6. The van der Waals surface area contributed by atoms with Gasteiger partial charge in [0.15, 0.2) is 0 Å². The number of amides is 2. The van der Waals surface area contributed by atoms with Crippen LogP contribution in [-0.2, 0) is 19.1 Å². The number of fused-ring (bicyclic) bond motifs is 1. The van der Waals surface area contributed by atoms with Crippen molar-refractivity contribution < 1.29 is 23.9 Å². The quantitative estimate of drug-likeness (QED) is 0.416. The Bertz CT molecular complexity index is 942. The van der Waals surface area contributed by atoms with Crippen LogP contribution in [0.15, 0.2) is 54.6 Å². The molecule has 3 atom stereocenters. The van der Waals surface area contributed by atoms with Crippen LogP contribution in [0.2, 0.25) is 0 Å². The molecule has 1 saturated carbocycles. The highest BCUT2D eigenvalue weighted by atomic mass is 16.6. The summed E-state index contributed by atoms with van der Waals surface area (Å²) < 4.78 is 10.0. The Kier molecular flexibility index (Phi) is 5.95. The molecule has 2 fully saturated rings. The number of imide groups is 1. The second-order valence-corrected chi connectivity index (χ2v) is 7.82. The molecule has 0 spiro atoms. The Morgan fingerprint density at radius 3 is 2.50 bits per heavy atom. The average molecular weight is 407 g/mol. The standard InChI is InChI=1S/C24H25NO5/c1-29-12-13-30-24(28)18-8-5-9-19(14-18)25-22(26)20-11-10-17(15-21(20)23(25)27)16-6-3-2-4-7-16/h2-9,14,17,20-21H,10-13,15H2,1H3/t17-,20-,21+/m1/s1. The Morgan fingerprint density at radius 2 is 1.73 bits per heavy atom. The zero-order chi connectivity index (χ0) is 21.1. The Hall–Kier alpha value is -2.99. The molecular formula is C24H25NO5. The van der Waals surface area contributed by atoms with Crippen LogP contribution in [0.5, 0.6) is 0 Å². The summed E-state index contributed by atoms with van der Waals surface area (Å²) >= 11 is 0. The molecule has 1 aliphatic carbocycles. The van der Waals surface area contributed by atoms with E-state index in [2.05, 4.69) is 12.1 Å². The molecule has 2 aromatic carbocycles. The van der Waals surface area contributed by atoms with Gasteiger partial charge in [-0.25, -0.2) is 4.79 Å². The molecule has 1 saturated heterocycles. The third kappa shape index (κ3) is 3.87. The SMILES string of the molecule is COCCOC(=O)c1cccc(N2C(=O)[C@H]3C[C@H](c4ccccc4)CC[C@H]3C2=O)c1. The minimum atomic E-state index is -0.505. The van der Waals surface area contributed by atoms with Gasteiger partial charge in [0.1, 0.15) is 6.61 Å². The minimum Gasteiger partial charge on any atom is -0.460 e. The molecule has 2 amide bonds. The fourth-order valence-electron chi connectivity index (χ4n) is 4.53. The largest absolute Gasteiger partial charge is 0.460 e. The van der Waals surface area contributed by atoms with E-state index in [4.69, 9.17) is 9.47 Å². The molecule has 0 unspecified atom stereocenters. The van der Waals surface area contributed by atoms with Gasteiger partial charge in [-0.2, -0.15) is 0 Å². The molecule has 1 heterocycles. The molecule has 6 nitrogen and oxygen atoms in total. The molecule has 0 N–H and O–H groups in total. The number of nitrogens with zero attached hydrogens (tertiary/aromatic N) is 1. The van der Waals surface area contributed by atoms with E-state index in [1.54, 1.807) is 24.3 Å². The van der Waals surface area contributed by atoms with Crippen molar-refractivity contribution in [2.75, 3.05) is 25.2 Å². The maximum Gasteiger partial charge on any atom is 0.338 e. The first-order chi connectivity index (χ1) is 14.6. The molecule has 0 radical (unpaired) electrons. The number of anilines is 1. The number of hydrogen-bond donors (Lipinski definition) is 0. The predicted octanol–water partition coefficient (Wildman–Crippen LogP) is 3.56. The second kappa shape index (κ2) is 8.79. The molecule has 0 aromatic heterocycles. The van der Waals surface area contributed by atoms with Crippen molar-refractivity contribution in [2.45, 2.75) is 25.2 Å². The van der Waals surface area contributed by atoms with Crippen LogP contribution >= 0.6 is 0 Å². The zero-order valence-electron chi connectivity index (χ0n) is 17.0. The van der Waals surface area contributed by atoms with Gasteiger partial charge in [-0.1, -0.05) is 36.4 Å². The number of esters is 1. The molecule has 30 heavy (non-hydrogen) atoms. The van der Waals surface area contributed by atoms with Gasteiger partial charge >= 0.3 is 5.97 Å². The highest BCUT2D eigenvalue weighted by Gasteiger charge is 2.50. The summed E-state index contributed by atoms with van der Waals surface area (Å²) in [5.41, 5.74) is 1.95. The number of hydrogen-bond acceptors (Lipinski definition) is 5. The van der Waals surface area contributed by atoms with Crippen molar-refractivity contribution in [3.05, 3.63) is 65.7 Å². The summed E-state index contributed by atoms with van der Waals surface area (Å²) in [6.07, 6.45) is 2.27. The number of carbonyl (C=O) groups is 3. The Morgan fingerprint density at radius 1 is 0.967 bits per heavy atom. The van der Waals surface area contributed by atoms with Gasteiger partial charge in [-0.3, -0.25) is 14.5 Å². The fourth-order valence-corrected chi connectivity index (χ4v) is 4.53.